The van der Waals surface area contributed by atoms with Crippen molar-refractivity contribution in [3.8, 4) is 6.07 Å². The van der Waals surface area contributed by atoms with E-state index < -0.39 is 6.02 Å². The molecule has 0 amide bonds. The van der Waals surface area contributed by atoms with Crippen LogP contribution in [0.4, 0.5) is 11.4 Å². The molecule has 196 valence electrons. The molecule has 1 saturated carbocycles. The molecule has 4 aromatic rings. The third-order valence-electron chi connectivity index (χ3n) is 6.99. The molecule has 1 aliphatic heterocycles. The summed E-state index contributed by atoms with van der Waals surface area (Å²) in [5, 5.41) is 20.1. The van der Waals surface area contributed by atoms with Gasteiger partial charge in [0.1, 0.15) is 6.07 Å². The molecule has 1 aliphatic carbocycles. The molecule has 2 atom stereocenters. The Morgan fingerprint density at radius 2 is 1.97 bits per heavy atom. The Morgan fingerprint density at radius 3 is 2.69 bits per heavy atom. The molecule has 2 aromatic carbocycles. The Bertz CT molecular complexity index is 1600. The number of benzene rings is 2. The van der Waals surface area contributed by atoms with Gasteiger partial charge in [0, 0.05) is 41.9 Å². The highest BCUT2D eigenvalue weighted by Gasteiger charge is 2.32. The van der Waals surface area contributed by atoms with Crippen molar-refractivity contribution in [2.75, 3.05) is 10.6 Å². The first-order valence-electron chi connectivity index (χ1n) is 13.5. The van der Waals surface area contributed by atoms with Gasteiger partial charge in [-0.1, -0.05) is 54.9 Å². The lowest BCUT2D eigenvalue weighted by Gasteiger charge is -2.23. The summed E-state index contributed by atoms with van der Waals surface area (Å²) >= 11 is 6.79. The highest BCUT2D eigenvalue weighted by Crippen LogP contribution is 2.38. The molecule has 9 heteroatoms. The second-order valence-electron chi connectivity index (χ2n) is 9.69. The van der Waals surface area contributed by atoms with Gasteiger partial charge in [0.15, 0.2) is 0 Å². The first-order chi connectivity index (χ1) is 19.5. The van der Waals surface area contributed by atoms with Gasteiger partial charge in [-0.05, 0) is 48.6 Å². The van der Waals surface area contributed by atoms with Crippen LogP contribution in [0.15, 0.2) is 85.1 Å². The molecule has 1 unspecified atom stereocenters. The number of nitrogens with zero attached hydrogens (tertiary/aromatic N) is 4. The third kappa shape index (κ3) is 5.19. The molecule has 4 N–H and O–H groups in total. The van der Waals surface area contributed by atoms with E-state index in [0.29, 0.717) is 50.2 Å². The quantitative estimate of drug-likeness (QED) is 0.200. The predicted molar refractivity (Wildman–Crippen MR) is 154 cm³/mol. The van der Waals surface area contributed by atoms with E-state index in [9.17, 15) is 6.63 Å². The van der Waals surface area contributed by atoms with E-state index in [2.05, 4.69) is 56.7 Å². The number of hydrazine groups is 2. The van der Waals surface area contributed by atoms with Gasteiger partial charge in [-0.3, -0.25) is 15.0 Å². The number of halogens is 1. The lowest BCUT2D eigenvalue weighted by Crippen LogP contribution is -2.38. The second-order valence-corrected chi connectivity index (χ2v) is 10.1. The van der Waals surface area contributed by atoms with Crippen LogP contribution in [-0.2, 0) is 0 Å². The molecule has 6 rings (SSSR count). The highest BCUT2D eigenvalue weighted by atomic mass is 35.5. The van der Waals surface area contributed by atoms with Crippen LogP contribution in [0.2, 0.25) is 5.02 Å². The summed E-state index contributed by atoms with van der Waals surface area (Å²) in [5.41, 5.74) is 11.0. The summed E-state index contributed by atoms with van der Waals surface area (Å²) < 4.78 is 9.64. The minimum absolute atomic E-state index is 0.0210. The van der Waals surface area contributed by atoms with Crippen LogP contribution in [0.25, 0.3) is 10.9 Å². The maximum Gasteiger partial charge on any atom is 0.103 e. The first kappa shape index (κ1) is 23.8. The van der Waals surface area contributed by atoms with Gasteiger partial charge in [0.05, 0.1) is 40.9 Å². The second kappa shape index (κ2) is 10.8. The Morgan fingerprint density at radius 1 is 1.15 bits per heavy atom. The average molecular weight is 538 g/mol. The van der Waals surface area contributed by atoms with E-state index in [-0.39, 0.29) is 6.04 Å². The molecule has 1 fully saturated rings. The van der Waals surface area contributed by atoms with Gasteiger partial charge in [-0.25, -0.2) is 0 Å². The molecule has 8 nitrogen and oxygen atoms in total. The van der Waals surface area contributed by atoms with E-state index in [4.69, 9.17) is 11.6 Å². The van der Waals surface area contributed by atoms with Gasteiger partial charge in [-0.2, -0.15) is 5.26 Å². The molecule has 3 heterocycles. The largest absolute Gasteiger partial charge is 0.377 e. The van der Waals surface area contributed by atoms with Crippen LogP contribution in [-0.4, -0.2) is 21.0 Å². The van der Waals surface area contributed by atoms with Crippen molar-refractivity contribution in [3.63, 3.8) is 0 Å². The Labute approximate surface area is 234 Å². The molecule has 0 spiro atoms. The summed E-state index contributed by atoms with van der Waals surface area (Å²) in [4.78, 5) is 8.78. The maximum atomic E-state index is 9.98. The Hall–Kier alpha value is -4.32. The first-order valence-corrected chi connectivity index (χ1v) is 13.4. The number of pyridine rings is 2. The third-order valence-corrected chi connectivity index (χ3v) is 7.28. The molecule has 2 aliphatic rings. The topological polar surface area (TPSA) is 101 Å². The summed E-state index contributed by atoms with van der Waals surface area (Å²) in [6.07, 6.45) is 9.88. The van der Waals surface area contributed by atoms with Gasteiger partial charge < -0.3 is 16.1 Å². The SMILES string of the molecule is [2H]C(Nc1cc(Cl)c2ncc(C#N)c(N[C@H](CC)c3ccccc3)c2c1)(C1=CN(C2CC2)NN1)c1cccnc1. The smallest absolute Gasteiger partial charge is 0.103 e. The summed E-state index contributed by atoms with van der Waals surface area (Å²) in [7, 11) is 0. The zero-order valence-corrected chi connectivity index (χ0v) is 22.2. The number of rotatable bonds is 9. The number of aromatic nitrogens is 2. The van der Waals surface area contributed by atoms with Crippen molar-refractivity contribution in [1.82, 2.24) is 25.9 Å². The lowest BCUT2D eigenvalue weighted by atomic mass is 10.0. The van der Waals surface area contributed by atoms with Crippen molar-refractivity contribution >= 4 is 33.9 Å². The normalized spacial score (nSPS) is 17.4. The van der Waals surface area contributed by atoms with E-state index in [0.717, 1.165) is 24.8 Å². The monoisotopic (exact) mass is 537 g/mol. The number of anilines is 2. The van der Waals surface area contributed by atoms with E-state index in [1.165, 1.54) is 0 Å². The van der Waals surface area contributed by atoms with Gasteiger partial charge >= 0.3 is 0 Å². The number of fused-ring (bicyclic) bond motifs is 1. The molecular formula is C30H29ClN8. The number of hydrogen-bond acceptors (Lipinski definition) is 8. The standard InChI is InChI=1S/C30H29ClN8/c1-2-26(19-7-4-3-5-8-19)36-28-21(15-32)17-34-30-24(28)13-22(14-25(30)31)35-29(20-9-6-12-33-16-20)27-18-39(38-37-27)23-10-11-23/h3-9,12-14,16-18,23,26,29,35,37-38H,2,10-11H2,1H3,(H,34,36)/t26-,29?/m1/s1/i29D. The van der Waals surface area contributed by atoms with Crippen molar-refractivity contribution in [2.24, 2.45) is 0 Å². The number of hydrogen-bond donors (Lipinski definition) is 4. The lowest BCUT2D eigenvalue weighted by molar-refractivity contribution is 0.260. The van der Waals surface area contributed by atoms with Gasteiger partial charge in [-0.15, -0.1) is 5.53 Å². The zero-order chi connectivity index (χ0) is 27.7. The van der Waals surface area contributed by atoms with Gasteiger partial charge in [0.2, 0.25) is 0 Å². The summed E-state index contributed by atoms with van der Waals surface area (Å²) in [6.45, 7) is 2.10. The summed E-state index contributed by atoms with van der Waals surface area (Å²) in [5.74, 6) is 0. The fourth-order valence-corrected chi connectivity index (χ4v) is 5.08. The zero-order valence-electron chi connectivity index (χ0n) is 22.4. The van der Waals surface area contributed by atoms with Crippen molar-refractivity contribution < 1.29 is 1.37 Å². The fourth-order valence-electron chi connectivity index (χ4n) is 4.81. The average Bonchev–Trinajstić information content (AvgIpc) is 3.72. The van der Waals surface area contributed by atoms with Gasteiger partial charge in [0.25, 0.3) is 0 Å². The van der Waals surface area contributed by atoms with Crippen LogP contribution < -0.4 is 21.6 Å². The molecule has 0 saturated heterocycles. The van der Waals surface area contributed by atoms with E-state index >= 15 is 0 Å². The van der Waals surface area contributed by atoms with Crippen molar-refractivity contribution in [2.45, 2.75) is 44.3 Å². The van der Waals surface area contributed by atoms with Crippen LogP contribution in [0.3, 0.4) is 0 Å². The molecular weight excluding hydrogens is 508 g/mol. The number of nitrogens with one attached hydrogen (secondary N) is 4. The fraction of sp³-hybridized carbons (Fsp3) is 0.233. The van der Waals surface area contributed by atoms with Crippen LogP contribution in [0, 0.1) is 11.3 Å². The van der Waals surface area contributed by atoms with E-state index in [1.54, 1.807) is 24.7 Å². The highest BCUT2D eigenvalue weighted by molar-refractivity contribution is 6.35. The van der Waals surface area contributed by atoms with Crippen molar-refractivity contribution in [3.05, 3.63) is 107 Å². The maximum absolute atomic E-state index is 9.98. The number of nitriles is 1. The Kier molecular flexibility index (Phi) is 6.59. The minimum atomic E-state index is -1.41. The molecule has 39 heavy (non-hydrogen) atoms. The van der Waals surface area contributed by atoms with E-state index in [1.807, 2.05) is 47.6 Å². The molecule has 0 radical (unpaired) electrons. The minimum Gasteiger partial charge on any atom is -0.377 e. The molecule has 0 bridgehead atoms. The molecule has 2 aromatic heterocycles. The van der Waals surface area contributed by atoms with Crippen LogP contribution >= 0.6 is 11.6 Å². The van der Waals surface area contributed by atoms with Crippen LogP contribution in [0.1, 0.15) is 56.3 Å². The van der Waals surface area contributed by atoms with Crippen molar-refractivity contribution in [1.29, 1.82) is 5.26 Å². The predicted octanol–water partition coefficient (Wildman–Crippen LogP) is 6.20. The Balaban J connectivity index is 1.44. The summed E-state index contributed by atoms with van der Waals surface area (Å²) in [6, 6.07) is 18.7. The van der Waals surface area contributed by atoms with Crippen LogP contribution in [0.5, 0.6) is 0 Å².